The quantitative estimate of drug-likeness (QED) is 0.689. The Morgan fingerprint density at radius 1 is 1.50 bits per heavy atom. The first-order valence-corrected chi connectivity index (χ1v) is 4.27. The molecule has 0 fully saturated rings. The Kier molecular flexibility index (Phi) is 2.95. The molecule has 0 saturated carbocycles. The minimum atomic E-state index is 0.115. The van der Waals surface area contributed by atoms with E-state index in [0.717, 1.165) is 22.7 Å². The smallest absolute Gasteiger partial charge is 0.0440 e. The third-order valence-corrected chi connectivity index (χ3v) is 1.98. The van der Waals surface area contributed by atoms with E-state index in [0.29, 0.717) is 0 Å². The zero-order valence-corrected chi connectivity index (χ0v) is 7.81. The SMILES string of the molecule is C[C@@H](N)Cc1cc(N)ccc1Cl. The van der Waals surface area contributed by atoms with Crippen LogP contribution in [0, 0.1) is 0 Å². The summed E-state index contributed by atoms with van der Waals surface area (Å²) in [5.41, 5.74) is 13.0. The molecule has 0 heterocycles. The second-order valence-corrected chi connectivity index (χ2v) is 3.44. The lowest BCUT2D eigenvalue weighted by atomic mass is 10.1. The molecule has 0 aliphatic carbocycles. The van der Waals surface area contributed by atoms with Gasteiger partial charge < -0.3 is 11.5 Å². The van der Waals surface area contributed by atoms with Gasteiger partial charge in [0, 0.05) is 16.8 Å². The Bertz CT molecular complexity index is 271. The molecule has 3 heteroatoms. The minimum Gasteiger partial charge on any atom is -0.399 e. The number of rotatable bonds is 2. The zero-order valence-electron chi connectivity index (χ0n) is 7.05. The van der Waals surface area contributed by atoms with E-state index in [2.05, 4.69) is 0 Å². The topological polar surface area (TPSA) is 52.0 Å². The first kappa shape index (κ1) is 9.36. The van der Waals surface area contributed by atoms with Crippen molar-refractivity contribution in [3.63, 3.8) is 0 Å². The first-order valence-electron chi connectivity index (χ1n) is 3.89. The highest BCUT2D eigenvalue weighted by atomic mass is 35.5. The van der Waals surface area contributed by atoms with Gasteiger partial charge in [-0.3, -0.25) is 0 Å². The molecule has 66 valence electrons. The van der Waals surface area contributed by atoms with Crippen molar-refractivity contribution in [2.24, 2.45) is 5.73 Å². The van der Waals surface area contributed by atoms with Crippen molar-refractivity contribution in [1.29, 1.82) is 0 Å². The Hall–Kier alpha value is -0.730. The standard InChI is InChI=1S/C9H13ClN2/c1-6(11)4-7-5-8(12)2-3-9(7)10/h2-3,5-6H,4,11-12H2,1H3/t6-/m1/s1. The van der Waals surface area contributed by atoms with Crippen molar-refractivity contribution >= 4 is 17.3 Å². The van der Waals surface area contributed by atoms with E-state index in [-0.39, 0.29) is 6.04 Å². The van der Waals surface area contributed by atoms with E-state index in [1.807, 2.05) is 13.0 Å². The Labute approximate surface area is 77.5 Å². The molecule has 2 nitrogen and oxygen atoms in total. The monoisotopic (exact) mass is 184 g/mol. The van der Waals surface area contributed by atoms with Crippen molar-refractivity contribution in [2.75, 3.05) is 5.73 Å². The average Bonchev–Trinajstić information content (AvgIpc) is 1.96. The molecule has 0 radical (unpaired) electrons. The van der Waals surface area contributed by atoms with Crippen molar-refractivity contribution in [2.45, 2.75) is 19.4 Å². The first-order chi connectivity index (χ1) is 5.59. The molecule has 0 saturated heterocycles. The molecular formula is C9H13ClN2. The van der Waals surface area contributed by atoms with Gasteiger partial charge in [-0.25, -0.2) is 0 Å². The van der Waals surface area contributed by atoms with Crippen molar-refractivity contribution in [3.05, 3.63) is 28.8 Å². The van der Waals surface area contributed by atoms with Crippen molar-refractivity contribution in [3.8, 4) is 0 Å². The Morgan fingerprint density at radius 2 is 2.17 bits per heavy atom. The van der Waals surface area contributed by atoms with Crippen LogP contribution < -0.4 is 11.5 Å². The molecule has 0 aliphatic heterocycles. The molecule has 0 spiro atoms. The predicted octanol–water partition coefficient (Wildman–Crippen LogP) is 1.81. The third-order valence-electron chi connectivity index (χ3n) is 1.61. The molecule has 0 bridgehead atoms. The zero-order chi connectivity index (χ0) is 9.14. The molecule has 1 aromatic carbocycles. The van der Waals surface area contributed by atoms with Crippen molar-refractivity contribution in [1.82, 2.24) is 0 Å². The number of nitrogens with two attached hydrogens (primary N) is 2. The highest BCUT2D eigenvalue weighted by Gasteiger charge is 2.02. The number of nitrogen functional groups attached to an aromatic ring is 1. The second-order valence-electron chi connectivity index (χ2n) is 3.03. The molecule has 1 atom stereocenters. The fourth-order valence-electron chi connectivity index (χ4n) is 1.10. The summed E-state index contributed by atoms with van der Waals surface area (Å²) >= 11 is 5.93. The van der Waals surface area contributed by atoms with Gasteiger partial charge in [0.25, 0.3) is 0 Å². The summed E-state index contributed by atoms with van der Waals surface area (Å²) in [5.74, 6) is 0. The maximum absolute atomic E-state index is 5.93. The van der Waals surface area contributed by atoms with E-state index in [1.165, 1.54) is 0 Å². The van der Waals surface area contributed by atoms with Gasteiger partial charge >= 0.3 is 0 Å². The maximum Gasteiger partial charge on any atom is 0.0440 e. The van der Waals surface area contributed by atoms with Gasteiger partial charge in [-0.15, -0.1) is 0 Å². The van der Waals surface area contributed by atoms with Crippen LogP contribution in [0.4, 0.5) is 5.69 Å². The van der Waals surface area contributed by atoms with Gasteiger partial charge in [-0.2, -0.15) is 0 Å². The molecular weight excluding hydrogens is 172 g/mol. The largest absolute Gasteiger partial charge is 0.399 e. The Balaban J connectivity index is 2.90. The van der Waals surface area contributed by atoms with Gasteiger partial charge in [0.2, 0.25) is 0 Å². The molecule has 1 aromatic rings. The maximum atomic E-state index is 5.93. The molecule has 1 rings (SSSR count). The summed E-state index contributed by atoms with van der Waals surface area (Å²) in [6.07, 6.45) is 0.768. The van der Waals surface area contributed by atoms with Crippen LogP contribution in [0.1, 0.15) is 12.5 Å². The Morgan fingerprint density at radius 3 is 2.75 bits per heavy atom. The van der Waals surface area contributed by atoms with Crippen LogP contribution in [-0.4, -0.2) is 6.04 Å². The molecule has 4 N–H and O–H groups in total. The second kappa shape index (κ2) is 3.78. The average molecular weight is 185 g/mol. The lowest BCUT2D eigenvalue weighted by Crippen LogP contribution is -2.18. The van der Waals surface area contributed by atoms with Gasteiger partial charge in [0.05, 0.1) is 0 Å². The fraction of sp³-hybridized carbons (Fsp3) is 0.333. The van der Waals surface area contributed by atoms with Gasteiger partial charge in [-0.05, 0) is 37.1 Å². The number of hydrogen-bond donors (Lipinski definition) is 2. The third kappa shape index (κ3) is 2.40. The highest BCUT2D eigenvalue weighted by molar-refractivity contribution is 6.31. The number of anilines is 1. The summed E-state index contributed by atoms with van der Waals surface area (Å²) in [6, 6.07) is 5.57. The summed E-state index contributed by atoms with van der Waals surface area (Å²) in [6.45, 7) is 1.94. The van der Waals surface area contributed by atoms with Crippen LogP contribution in [0.25, 0.3) is 0 Å². The lowest BCUT2D eigenvalue weighted by molar-refractivity contribution is 0.738. The van der Waals surface area contributed by atoms with Crippen LogP contribution >= 0.6 is 11.6 Å². The van der Waals surface area contributed by atoms with E-state index in [4.69, 9.17) is 23.1 Å². The predicted molar refractivity (Wildman–Crippen MR) is 53.2 cm³/mol. The van der Waals surface area contributed by atoms with Crippen LogP contribution in [0.2, 0.25) is 5.02 Å². The lowest BCUT2D eigenvalue weighted by Gasteiger charge is -2.07. The molecule has 0 amide bonds. The van der Waals surface area contributed by atoms with Gasteiger partial charge in [-0.1, -0.05) is 11.6 Å². The molecule has 0 aromatic heterocycles. The van der Waals surface area contributed by atoms with Crippen molar-refractivity contribution < 1.29 is 0 Å². The highest BCUT2D eigenvalue weighted by Crippen LogP contribution is 2.19. The van der Waals surface area contributed by atoms with Crippen LogP contribution in [-0.2, 0) is 6.42 Å². The van der Waals surface area contributed by atoms with E-state index >= 15 is 0 Å². The minimum absolute atomic E-state index is 0.115. The normalized spacial score (nSPS) is 12.9. The van der Waals surface area contributed by atoms with Crippen LogP contribution in [0.15, 0.2) is 18.2 Å². The molecule has 0 unspecified atom stereocenters. The number of hydrogen-bond acceptors (Lipinski definition) is 2. The summed E-state index contributed by atoms with van der Waals surface area (Å²) < 4.78 is 0. The van der Waals surface area contributed by atoms with Crippen LogP contribution in [0.3, 0.4) is 0 Å². The summed E-state index contributed by atoms with van der Waals surface area (Å²) in [5, 5.41) is 0.738. The molecule has 12 heavy (non-hydrogen) atoms. The van der Waals surface area contributed by atoms with Crippen LogP contribution in [0.5, 0.6) is 0 Å². The summed E-state index contributed by atoms with van der Waals surface area (Å²) in [4.78, 5) is 0. The number of benzene rings is 1. The van der Waals surface area contributed by atoms with E-state index in [1.54, 1.807) is 12.1 Å². The summed E-state index contributed by atoms with van der Waals surface area (Å²) in [7, 11) is 0. The molecule has 0 aliphatic rings. The van der Waals surface area contributed by atoms with Gasteiger partial charge in [0.15, 0.2) is 0 Å². The van der Waals surface area contributed by atoms with Gasteiger partial charge in [0.1, 0.15) is 0 Å². The van der Waals surface area contributed by atoms with E-state index in [9.17, 15) is 0 Å². The number of halogens is 1. The van der Waals surface area contributed by atoms with E-state index < -0.39 is 0 Å². The fourth-order valence-corrected chi connectivity index (χ4v) is 1.29.